The van der Waals surface area contributed by atoms with Gasteiger partial charge < -0.3 is 19.4 Å². The van der Waals surface area contributed by atoms with Crippen LogP contribution >= 0.6 is 0 Å². The second-order valence-electron chi connectivity index (χ2n) is 8.20. The van der Waals surface area contributed by atoms with E-state index in [1.165, 1.54) is 6.08 Å². The van der Waals surface area contributed by atoms with Crippen molar-refractivity contribution in [2.75, 3.05) is 18.5 Å². The molecule has 1 saturated heterocycles. The van der Waals surface area contributed by atoms with Crippen molar-refractivity contribution in [2.45, 2.75) is 39.3 Å². The Kier molecular flexibility index (Phi) is 7.04. The molecule has 4 rings (SSSR count). The third-order valence-corrected chi connectivity index (χ3v) is 6.02. The Morgan fingerprint density at radius 3 is 2.91 bits per heavy atom. The van der Waals surface area contributed by atoms with E-state index in [0.717, 1.165) is 47.2 Å². The third kappa shape index (κ3) is 5.00. The largest absolute Gasteiger partial charge is 0.452 e. The van der Waals surface area contributed by atoms with Crippen LogP contribution in [0.15, 0.2) is 42.6 Å². The van der Waals surface area contributed by atoms with Crippen LogP contribution in [-0.2, 0) is 25.6 Å². The highest BCUT2D eigenvalue weighted by atomic mass is 16.5. The molecule has 34 heavy (non-hydrogen) atoms. The molecule has 0 spiro atoms. The maximum Gasteiger partial charge on any atom is 0.331 e. The quantitative estimate of drug-likeness (QED) is 0.425. The summed E-state index contributed by atoms with van der Waals surface area (Å²) in [6.45, 7) is 4.56. The fourth-order valence-electron chi connectivity index (χ4n) is 4.12. The monoisotopic (exact) mass is 458 g/mol. The van der Waals surface area contributed by atoms with E-state index in [9.17, 15) is 14.9 Å². The van der Waals surface area contributed by atoms with Gasteiger partial charge in [0.2, 0.25) is 0 Å². The topological polar surface area (TPSA) is 106 Å². The van der Waals surface area contributed by atoms with Crippen LogP contribution in [0.2, 0.25) is 0 Å². The minimum absolute atomic E-state index is 0.0409. The Balaban J connectivity index is 1.41. The first-order valence-electron chi connectivity index (χ1n) is 11.2. The molecule has 1 unspecified atom stereocenters. The van der Waals surface area contributed by atoms with Crippen molar-refractivity contribution in [1.29, 1.82) is 5.26 Å². The van der Waals surface area contributed by atoms with Gasteiger partial charge in [-0.05, 0) is 44.4 Å². The zero-order valence-electron chi connectivity index (χ0n) is 19.2. The number of esters is 1. The zero-order chi connectivity index (χ0) is 24.1. The van der Waals surface area contributed by atoms with Gasteiger partial charge in [0.1, 0.15) is 11.9 Å². The Labute approximate surface area is 197 Å². The van der Waals surface area contributed by atoms with Crippen LogP contribution < -0.4 is 5.32 Å². The minimum atomic E-state index is -0.648. The van der Waals surface area contributed by atoms with Crippen LogP contribution in [0.25, 0.3) is 17.0 Å². The van der Waals surface area contributed by atoms with E-state index < -0.39 is 18.5 Å². The Bertz CT molecular complexity index is 1290. The Morgan fingerprint density at radius 2 is 2.15 bits per heavy atom. The molecule has 0 bridgehead atoms. The van der Waals surface area contributed by atoms with E-state index in [1.54, 1.807) is 12.3 Å². The molecule has 1 aliphatic heterocycles. The first kappa shape index (κ1) is 23.2. The molecule has 3 heterocycles. The number of aromatic nitrogens is 2. The summed E-state index contributed by atoms with van der Waals surface area (Å²) in [4.78, 5) is 29.1. The predicted octanol–water partition coefficient (Wildman–Crippen LogP) is 3.90. The lowest BCUT2D eigenvalue weighted by Crippen LogP contribution is -2.24. The number of nitrogens with one attached hydrogen (secondary N) is 1. The van der Waals surface area contributed by atoms with Gasteiger partial charge in [0.15, 0.2) is 6.61 Å². The second-order valence-corrected chi connectivity index (χ2v) is 8.20. The molecule has 174 valence electrons. The molecule has 0 radical (unpaired) electrons. The normalized spacial score (nSPS) is 15.5. The molecule has 1 amide bonds. The Hall–Kier alpha value is -3.96. The maximum absolute atomic E-state index is 12.6. The minimum Gasteiger partial charge on any atom is -0.452 e. The molecule has 8 nitrogen and oxygen atoms in total. The summed E-state index contributed by atoms with van der Waals surface area (Å²) in [7, 11) is 0. The van der Waals surface area contributed by atoms with E-state index in [2.05, 4.69) is 16.4 Å². The number of ether oxygens (including phenoxy) is 2. The van der Waals surface area contributed by atoms with Gasteiger partial charge >= 0.3 is 5.97 Å². The second kappa shape index (κ2) is 10.3. The first-order valence-corrected chi connectivity index (χ1v) is 11.2. The molecule has 1 aliphatic rings. The molecule has 2 aromatic heterocycles. The van der Waals surface area contributed by atoms with Crippen LogP contribution in [0, 0.1) is 25.2 Å². The lowest BCUT2D eigenvalue weighted by molar-refractivity contribution is -0.142. The average Bonchev–Trinajstić information content (AvgIpc) is 3.44. The molecule has 0 aliphatic carbocycles. The number of hydrogen-bond acceptors (Lipinski definition) is 6. The summed E-state index contributed by atoms with van der Waals surface area (Å²) in [5, 5.41) is 13.4. The number of pyridine rings is 1. The Morgan fingerprint density at radius 1 is 1.32 bits per heavy atom. The molecule has 1 N–H and O–H groups in total. The summed E-state index contributed by atoms with van der Waals surface area (Å²) >= 11 is 0. The van der Waals surface area contributed by atoms with E-state index in [0.29, 0.717) is 17.9 Å². The lowest BCUT2D eigenvalue weighted by Gasteiger charge is -2.16. The zero-order valence-corrected chi connectivity index (χ0v) is 19.2. The van der Waals surface area contributed by atoms with Gasteiger partial charge in [0, 0.05) is 35.5 Å². The molecular weight excluding hydrogens is 432 g/mol. The lowest BCUT2D eigenvalue weighted by atomic mass is 10.1. The van der Waals surface area contributed by atoms with Gasteiger partial charge in [-0.15, -0.1) is 0 Å². The standard InChI is InChI=1S/C26H26N4O4/c1-17-18(2)30(15-21-9-5-13-33-21)26(22(17)14-27)29-23(31)16-34-24(32)11-10-20-7-3-6-19-8-4-12-28-25(19)20/h3-4,6-8,10-12,21H,5,9,13,15-16H2,1-2H3,(H,29,31)/b11-10+. The highest BCUT2D eigenvalue weighted by Crippen LogP contribution is 2.28. The summed E-state index contributed by atoms with van der Waals surface area (Å²) in [6, 6.07) is 11.6. The van der Waals surface area contributed by atoms with Crippen LogP contribution in [0.3, 0.4) is 0 Å². The number of anilines is 1. The van der Waals surface area contributed by atoms with Crippen molar-refractivity contribution >= 4 is 34.7 Å². The number of rotatable bonds is 7. The number of carbonyl (C=O) groups is 2. The molecule has 3 aromatic rings. The van der Waals surface area contributed by atoms with E-state index in [1.807, 2.05) is 48.7 Å². The van der Waals surface area contributed by atoms with Crippen LogP contribution in [0.4, 0.5) is 5.82 Å². The van der Waals surface area contributed by atoms with Gasteiger partial charge in [0.25, 0.3) is 5.91 Å². The number of hydrogen-bond donors (Lipinski definition) is 1. The number of benzene rings is 1. The highest BCUT2D eigenvalue weighted by Gasteiger charge is 2.24. The van der Waals surface area contributed by atoms with Crippen LogP contribution in [0.5, 0.6) is 0 Å². The number of carbonyl (C=O) groups excluding carboxylic acids is 2. The van der Waals surface area contributed by atoms with Crippen molar-refractivity contribution in [3.8, 4) is 6.07 Å². The molecule has 1 aromatic carbocycles. The van der Waals surface area contributed by atoms with E-state index >= 15 is 0 Å². The number of amides is 1. The van der Waals surface area contributed by atoms with Gasteiger partial charge in [-0.3, -0.25) is 9.78 Å². The summed E-state index contributed by atoms with van der Waals surface area (Å²) < 4.78 is 12.7. The fourth-order valence-corrected chi connectivity index (χ4v) is 4.12. The van der Waals surface area contributed by atoms with Crippen molar-refractivity contribution in [1.82, 2.24) is 9.55 Å². The SMILES string of the molecule is Cc1c(C#N)c(NC(=O)COC(=O)/C=C/c2cccc3cccnc23)n(CC2CCCO2)c1C. The van der Waals surface area contributed by atoms with E-state index in [-0.39, 0.29) is 6.10 Å². The molecule has 1 atom stereocenters. The van der Waals surface area contributed by atoms with Crippen LogP contribution in [-0.4, -0.2) is 40.7 Å². The van der Waals surface area contributed by atoms with Gasteiger partial charge in [0.05, 0.1) is 23.7 Å². The van der Waals surface area contributed by atoms with Crippen LogP contribution in [0.1, 0.15) is 35.2 Å². The van der Waals surface area contributed by atoms with Crippen molar-refractivity contribution in [3.05, 3.63) is 65.0 Å². The van der Waals surface area contributed by atoms with Gasteiger partial charge in [-0.25, -0.2) is 4.79 Å². The molecule has 8 heteroatoms. The maximum atomic E-state index is 12.6. The van der Waals surface area contributed by atoms with Crippen molar-refractivity contribution in [3.63, 3.8) is 0 Å². The average molecular weight is 459 g/mol. The number of nitrogens with zero attached hydrogens (tertiary/aromatic N) is 3. The highest BCUT2D eigenvalue weighted by molar-refractivity contribution is 5.96. The molecule has 0 saturated carbocycles. The number of nitriles is 1. The smallest absolute Gasteiger partial charge is 0.331 e. The molecule has 1 fully saturated rings. The van der Waals surface area contributed by atoms with Gasteiger partial charge in [-0.2, -0.15) is 5.26 Å². The fraction of sp³-hybridized carbons (Fsp3) is 0.308. The first-order chi connectivity index (χ1) is 16.5. The molecular formula is C26H26N4O4. The third-order valence-electron chi connectivity index (χ3n) is 6.02. The summed E-state index contributed by atoms with van der Waals surface area (Å²) in [5.41, 5.74) is 3.65. The van der Waals surface area contributed by atoms with Crippen molar-refractivity contribution < 1.29 is 19.1 Å². The van der Waals surface area contributed by atoms with Gasteiger partial charge in [-0.1, -0.05) is 24.3 Å². The number of para-hydroxylation sites is 1. The summed E-state index contributed by atoms with van der Waals surface area (Å²) in [6.07, 6.45) is 6.54. The number of fused-ring (bicyclic) bond motifs is 1. The predicted molar refractivity (Wildman–Crippen MR) is 128 cm³/mol. The summed E-state index contributed by atoms with van der Waals surface area (Å²) in [5.74, 6) is -0.756. The van der Waals surface area contributed by atoms with E-state index in [4.69, 9.17) is 9.47 Å². The van der Waals surface area contributed by atoms with Crippen molar-refractivity contribution in [2.24, 2.45) is 0 Å².